The van der Waals surface area contributed by atoms with E-state index in [4.69, 9.17) is 15.7 Å². The van der Waals surface area contributed by atoms with Crippen LogP contribution in [0.1, 0.15) is 23.3 Å². The Morgan fingerprint density at radius 3 is 2.77 bits per heavy atom. The van der Waals surface area contributed by atoms with E-state index in [9.17, 15) is 9.18 Å². The number of alkyl halides is 1. The molecule has 2 aliphatic heterocycles. The maximum atomic E-state index is 14.5. The molecular formula is C21H25B2FN6O. The molecule has 0 aromatic carbocycles. The molecule has 0 spiro atoms. The Kier molecular flexibility index (Phi) is 6.57. The highest BCUT2D eigenvalue weighted by molar-refractivity contribution is 6.41. The summed E-state index contributed by atoms with van der Waals surface area (Å²) in [7, 11) is 12.9. The number of amides is 1. The lowest BCUT2D eigenvalue weighted by Gasteiger charge is -2.39. The fourth-order valence-electron chi connectivity index (χ4n) is 4.21. The van der Waals surface area contributed by atoms with Crippen LogP contribution >= 0.6 is 0 Å². The van der Waals surface area contributed by atoms with Crippen LogP contribution in [0, 0.1) is 0 Å². The van der Waals surface area contributed by atoms with Crippen LogP contribution < -0.4 is 15.5 Å². The summed E-state index contributed by atoms with van der Waals surface area (Å²) in [6.07, 6.45) is 3.50. The third-order valence-corrected chi connectivity index (χ3v) is 5.94. The molecule has 2 aliphatic rings. The van der Waals surface area contributed by atoms with Gasteiger partial charge in [-0.2, -0.15) is 0 Å². The molecule has 4 heterocycles. The molecule has 4 radical (unpaired) electrons. The molecule has 2 aromatic rings. The molecule has 2 atom stereocenters. The maximum absolute atomic E-state index is 14.5. The summed E-state index contributed by atoms with van der Waals surface area (Å²) in [4.78, 5) is 25.0. The third kappa shape index (κ3) is 5.07. The molecule has 10 heteroatoms. The zero-order valence-corrected chi connectivity index (χ0v) is 17.4. The van der Waals surface area contributed by atoms with Gasteiger partial charge in [0.05, 0.1) is 15.7 Å². The highest BCUT2D eigenvalue weighted by Crippen LogP contribution is 2.26. The molecular weight excluding hydrogens is 393 g/mol. The van der Waals surface area contributed by atoms with E-state index in [-0.39, 0.29) is 17.6 Å². The van der Waals surface area contributed by atoms with Gasteiger partial charge >= 0.3 is 0 Å². The average Bonchev–Trinajstić information content (AvgIpc) is 2.93. The van der Waals surface area contributed by atoms with E-state index in [1.165, 1.54) is 0 Å². The molecule has 7 nitrogen and oxygen atoms in total. The number of hydrogen-bond acceptors (Lipinski definition) is 6. The Labute approximate surface area is 184 Å². The van der Waals surface area contributed by atoms with Crippen LogP contribution in [0.2, 0.25) is 0 Å². The number of halogens is 1. The van der Waals surface area contributed by atoms with Crippen molar-refractivity contribution in [2.75, 3.05) is 42.9 Å². The van der Waals surface area contributed by atoms with Crippen LogP contribution in [0.25, 0.3) is 0 Å². The highest BCUT2D eigenvalue weighted by Gasteiger charge is 2.36. The average molecular weight is 418 g/mol. The van der Waals surface area contributed by atoms with Gasteiger partial charge in [-0.15, -0.1) is 0 Å². The Morgan fingerprint density at radius 2 is 2.00 bits per heavy atom. The van der Waals surface area contributed by atoms with Gasteiger partial charge in [-0.3, -0.25) is 14.7 Å². The second-order valence-electron chi connectivity index (χ2n) is 8.08. The normalized spacial score (nSPS) is 24.4. The number of piperidine rings is 1. The lowest BCUT2D eigenvalue weighted by Crippen LogP contribution is -2.52. The summed E-state index contributed by atoms with van der Waals surface area (Å²) >= 11 is 0. The Morgan fingerprint density at radius 1 is 1.19 bits per heavy atom. The number of aromatic nitrogens is 2. The number of carbonyl (C=O) groups is 1. The quantitative estimate of drug-likeness (QED) is 0.721. The molecule has 2 aromatic heterocycles. The predicted molar refractivity (Wildman–Crippen MR) is 120 cm³/mol. The van der Waals surface area contributed by atoms with Gasteiger partial charge in [-0.05, 0) is 55.5 Å². The van der Waals surface area contributed by atoms with Crippen molar-refractivity contribution in [1.29, 1.82) is 0 Å². The fraction of sp³-hybridized carbons (Fsp3) is 0.476. The maximum Gasteiger partial charge on any atom is 0.274 e. The molecule has 2 unspecified atom stereocenters. The number of nitrogens with zero attached hydrogens (tertiary/aromatic N) is 4. The van der Waals surface area contributed by atoms with Crippen LogP contribution in [-0.4, -0.2) is 86.7 Å². The monoisotopic (exact) mass is 418 g/mol. The van der Waals surface area contributed by atoms with Crippen molar-refractivity contribution in [3.8, 4) is 0 Å². The molecule has 0 bridgehead atoms. The number of carbonyl (C=O) groups excluding carboxylic acids is 1. The van der Waals surface area contributed by atoms with Crippen LogP contribution in [0.4, 0.5) is 15.9 Å². The van der Waals surface area contributed by atoms with E-state index in [1.807, 2.05) is 4.90 Å². The van der Waals surface area contributed by atoms with Gasteiger partial charge in [-0.1, -0.05) is 6.07 Å². The standard InChI is InChI=1S/C21H25B2FN6O/c22-21(23)7-11-29(18-6-10-26-14-16(18)24)12-13-30(21)19-3-1-2-17(28-19)20(31)27-15-4-8-25-9-5-15/h1-5,8-9,16,18,26H,6-7,10-14H2,(H,25,27,31). The van der Waals surface area contributed by atoms with E-state index < -0.39 is 11.5 Å². The van der Waals surface area contributed by atoms with Crippen LogP contribution in [0.15, 0.2) is 42.7 Å². The van der Waals surface area contributed by atoms with Gasteiger partial charge < -0.3 is 15.5 Å². The second-order valence-corrected chi connectivity index (χ2v) is 8.08. The molecule has 2 fully saturated rings. The van der Waals surface area contributed by atoms with E-state index in [2.05, 4.69) is 25.5 Å². The lowest BCUT2D eigenvalue weighted by atomic mass is 9.59. The first kappa shape index (κ1) is 21.8. The van der Waals surface area contributed by atoms with Crippen LogP contribution in [0.3, 0.4) is 0 Å². The van der Waals surface area contributed by atoms with Gasteiger partial charge in [0.15, 0.2) is 0 Å². The van der Waals surface area contributed by atoms with Gasteiger partial charge in [-0.25, -0.2) is 9.37 Å². The van der Waals surface area contributed by atoms with Crippen LogP contribution in [-0.2, 0) is 0 Å². The minimum atomic E-state index is -1.15. The van der Waals surface area contributed by atoms with Crippen LogP contribution in [0.5, 0.6) is 0 Å². The van der Waals surface area contributed by atoms with Crippen molar-refractivity contribution >= 4 is 33.1 Å². The first-order valence-corrected chi connectivity index (χ1v) is 10.6. The fourth-order valence-corrected chi connectivity index (χ4v) is 4.21. The number of nitrogens with one attached hydrogen (secondary N) is 2. The first-order chi connectivity index (χ1) is 14.9. The predicted octanol–water partition coefficient (Wildman–Crippen LogP) is 0.932. The van der Waals surface area contributed by atoms with Gasteiger partial charge in [0.1, 0.15) is 17.7 Å². The van der Waals surface area contributed by atoms with Crippen molar-refractivity contribution in [2.24, 2.45) is 0 Å². The van der Waals surface area contributed by atoms with Crippen molar-refractivity contribution in [3.05, 3.63) is 48.4 Å². The van der Waals surface area contributed by atoms with E-state index in [0.717, 1.165) is 13.0 Å². The molecule has 158 valence electrons. The number of hydrogen-bond donors (Lipinski definition) is 2. The number of pyridine rings is 2. The summed E-state index contributed by atoms with van der Waals surface area (Å²) in [5.41, 5.74) is 0.890. The van der Waals surface area contributed by atoms with Crippen molar-refractivity contribution in [3.63, 3.8) is 0 Å². The van der Waals surface area contributed by atoms with Gasteiger partial charge in [0, 0.05) is 43.8 Å². The minimum absolute atomic E-state index is 0.137. The highest BCUT2D eigenvalue weighted by atomic mass is 19.1. The van der Waals surface area contributed by atoms with Gasteiger partial charge in [0.2, 0.25) is 0 Å². The lowest BCUT2D eigenvalue weighted by molar-refractivity contribution is 0.0895. The van der Waals surface area contributed by atoms with Crippen molar-refractivity contribution in [1.82, 2.24) is 20.2 Å². The summed E-state index contributed by atoms with van der Waals surface area (Å²) in [5, 5.41) is 4.74. The SMILES string of the molecule is [B]C1([B])CCN(C2CCNCC2F)CCN1c1cccc(C(=O)Nc2ccncc2)n1. The smallest absolute Gasteiger partial charge is 0.274 e. The zero-order valence-electron chi connectivity index (χ0n) is 17.4. The molecule has 0 saturated carbocycles. The summed E-state index contributed by atoms with van der Waals surface area (Å²) < 4.78 is 14.5. The molecule has 4 rings (SSSR count). The van der Waals surface area contributed by atoms with E-state index in [1.54, 1.807) is 42.7 Å². The van der Waals surface area contributed by atoms with Crippen molar-refractivity contribution in [2.45, 2.75) is 30.4 Å². The van der Waals surface area contributed by atoms with E-state index >= 15 is 0 Å². The molecule has 31 heavy (non-hydrogen) atoms. The Bertz CT molecular complexity index is 902. The second kappa shape index (κ2) is 9.36. The zero-order chi connectivity index (χ0) is 21.8. The molecule has 2 saturated heterocycles. The van der Waals surface area contributed by atoms with Gasteiger partial charge in [0.25, 0.3) is 5.91 Å². The summed E-state index contributed by atoms with van der Waals surface area (Å²) in [6, 6.07) is 8.45. The van der Waals surface area contributed by atoms with Crippen molar-refractivity contribution < 1.29 is 9.18 Å². The summed E-state index contributed by atoms with van der Waals surface area (Å²) in [6.45, 7) is 2.90. The Balaban J connectivity index is 1.50. The molecule has 0 aliphatic carbocycles. The molecule has 2 N–H and O–H groups in total. The minimum Gasteiger partial charge on any atom is -0.367 e. The summed E-state index contributed by atoms with van der Waals surface area (Å²) in [5.74, 6) is 0.190. The molecule has 1 amide bonds. The number of rotatable bonds is 4. The third-order valence-electron chi connectivity index (χ3n) is 5.94. The Hall–Kier alpha value is -2.45. The largest absolute Gasteiger partial charge is 0.367 e. The number of anilines is 2. The van der Waals surface area contributed by atoms with E-state index in [0.29, 0.717) is 44.1 Å². The first-order valence-electron chi connectivity index (χ1n) is 10.6. The topological polar surface area (TPSA) is 73.4 Å².